The number of hydrogen-bond donors (Lipinski definition) is 2. The molecule has 3 heterocycles. The number of aromatic amines is 2. The van der Waals surface area contributed by atoms with E-state index in [1.54, 1.807) is 0 Å². The molecular formula is C33H26ClN3O2. The smallest absolute Gasteiger partial charge is 0.274 e. The van der Waals surface area contributed by atoms with Gasteiger partial charge in [-0.15, -0.1) is 11.6 Å². The van der Waals surface area contributed by atoms with E-state index in [2.05, 4.69) is 35.1 Å². The number of ketones is 1. The van der Waals surface area contributed by atoms with Crippen LogP contribution in [0.15, 0.2) is 84.9 Å². The molecule has 0 radical (unpaired) electrons. The highest BCUT2D eigenvalue weighted by molar-refractivity contribution is 6.19. The molecule has 6 aromatic rings. The maximum atomic E-state index is 13.8. The molecule has 1 aliphatic rings. The molecule has 7 rings (SSSR count). The van der Waals surface area contributed by atoms with E-state index < -0.39 is 0 Å². The number of anilines is 1. The number of H-pyrrole nitrogens is 2. The van der Waals surface area contributed by atoms with E-state index in [0.717, 1.165) is 49.6 Å². The quantitative estimate of drug-likeness (QED) is 0.178. The van der Waals surface area contributed by atoms with E-state index in [0.29, 0.717) is 23.8 Å². The third-order valence-corrected chi connectivity index (χ3v) is 8.29. The monoisotopic (exact) mass is 531 g/mol. The first-order valence-electron chi connectivity index (χ1n) is 13.1. The van der Waals surface area contributed by atoms with Crippen LogP contribution in [0.5, 0.6) is 0 Å². The number of amides is 1. The first-order chi connectivity index (χ1) is 19.0. The first-order valence-corrected chi connectivity index (χ1v) is 13.7. The Morgan fingerprint density at radius 2 is 1.56 bits per heavy atom. The van der Waals surface area contributed by atoms with Gasteiger partial charge < -0.3 is 14.9 Å². The van der Waals surface area contributed by atoms with Crippen molar-refractivity contribution in [2.24, 2.45) is 0 Å². The van der Waals surface area contributed by atoms with Crippen molar-refractivity contribution >= 4 is 61.6 Å². The van der Waals surface area contributed by atoms with Gasteiger partial charge in [-0.05, 0) is 70.8 Å². The summed E-state index contributed by atoms with van der Waals surface area (Å²) in [4.78, 5) is 35.2. The van der Waals surface area contributed by atoms with Crippen molar-refractivity contribution in [3.63, 3.8) is 0 Å². The molecule has 39 heavy (non-hydrogen) atoms. The Kier molecular flexibility index (Phi) is 5.56. The number of fused-ring (bicyclic) bond motifs is 5. The average Bonchev–Trinajstić information content (AvgIpc) is 3.67. The van der Waals surface area contributed by atoms with Gasteiger partial charge in [-0.1, -0.05) is 48.5 Å². The van der Waals surface area contributed by atoms with Crippen LogP contribution < -0.4 is 4.90 Å². The molecule has 1 unspecified atom stereocenters. The van der Waals surface area contributed by atoms with Crippen LogP contribution >= 0.6 is 11.6 Å². The van der Waals surface area contributed by atoms with Gasteiger partial charge in [0.05, 0.1) is 5.69 Å². The predicted octanol–water partition coefficient (Wildman–Crippen LogP) is 7.52. The Balaban J connectivity index is 1.19. The molecule has 0 bridgehead atoms. The lowest BCUT2D eigenvalue weighted by molar-refractivity contribution is 0.0978. The van der Waals surface area contributed by atoms with Crippen LogP contribution in [0.3, 0.4) is 0 Å². The Bertz CT molecular complexity index is 1900. The summed E-state index contributed by atoms with van der Waals surface area (Å²) < 4.78 is 0. The first kappa shape index (κ1) is 23.7. The maximum Gasteiger partial charge on any atom is 0.274 e. The second kappa shape index (κ2) is 9.14. The molecule has 6 heteroatoms. The maximum absolute atomic E-state index is 13.8. The Hall–Kier alpha value is -4.35. The van der Waals surface area contributed by atoms with Crippen LogP contribution in [-0.2, 0) is 6.42 Å². The number of benzene rings is 4. The third kappa shape index (κ3) is 3.93. The lowest BCUT2D eigenvalue weighted by Crippen LogP contribution is -2.30. The zero-order valence-corrected chi connectivity index (χ0v) is 22.2. The number of halogens is 1. The Morgan fingerprint density at radius 3 is 2.38 bits per heavy atom. The highest BCUT2D eigenvalue weighted by atomic mass is 35.5. The summed E-state index contributed by atoms with van der Waals surface area (Å²) in [7, 11) is 0. The largest absolute Gasteiger partial charge is 0.352 e. The van der Waals surface area contributed by atoms with Crippen molar-refractivity contribution in [1.29, 1.82) is 0 Å². The number of carbonyl (C=O) groups excluding carboxylic acids is 2. The van der Waals surface area contributed by atoms with Gasteiger partial charge in [0.25, 0.3) is 5.91 Å². The molecule has 0 fully saturated rings. The summed E-state index contributed by atoms with van der Waals surface area (Å²) in [5, 5.41) is 4.28. The molecule has 0 saturated carbocycles. The number of hydrogen-bond acceptors (Lipinski definition) is 2. The van der Waals surface area contributed by atoms with Crippen molar-refractivity contribution in [2.75, 3.05) is 17.3 Å². The van der Waals surface area contributed by atoms with Crippen LogP contribution in [-0.4, -0.2) is 34.1 Å². The van der Waals surface area contributed by atoms with Crippen molar-refractivity contribution in [2.45, 2.75) is 19.3 Å². The molecular weight excluding hydrogens is 506 g/mol. The molecule has 4 aromatic carbocycles. The second-order valence-corrected chi connectivity index (χ2v) is 10.7. The molecule has 1 atom stereocenters. The van der Waals surface area contributed by atoms with E-state index in [1.807, 2.05) is 71.6 Å². The van der Waals surface area contributed by atoms with Gasteiger partial charge in [-0.2, -0.15) is 0 Å². The number of nitrogens with one attached hydrogen (secondary N) is 2. The summed E-state index contributed by atoms with van der Waals surface area (Å²) in [5.74, 6) is 0.471. The third-order valence-electron chi connectivity index (χ3n) is 7.92. The van der Waals surface area contributed by atoms with Crippen LogP contribution in [0.1, 0.15) is 43.6 Å². The number of nitrogens with zero attached hydrogens (tertiary/aromatic N) is 1. The van der Waals surface area contributed by atoms with Gasteiger partial charge in [-0.3, -0.25) is 9.59 Å². The minimum Gasteiger partial charge on any atom is -0.352 e. The number of rotatable bonds is 5. The zero-order chi connectivity index (χ0) is 26.7. The molecule has 0 aliphatic carbocycles. The summed E-state index contributed by atoms with van der Waals surface area (Å²) >= 11 is 6.41. The molecule has 1 amide bonds. The predicted molar refractivity (Wildman–Crippen MR) is 158 cm³/mol. The lowest BCUT2D eigenvalue weighted by Gasteiger charge is -2.18. The Labute approximate surface area is 230 Å². The van der Waals surface area contributed by atoms with E-state index >= 15 is 0 Å². The summed E-state index contributed by atoms with van der Waals surface area (Å²) in [6, 6.07) is 28.0. The number of para-hydroxylation sites is 1. The molecule has 192 valence electrons. The van der Waals surface area contributed by atoms with Crippen LogP contribution in [0.2, 0.25) is 0 Å². The van der Waals surface area contributed by atoms with E-state index in [1.165, 1.54) is 5.39 Å². The molecule has 5 nitrogen and oxygen atoms in total. The van der Waals surface area contributed by atoms with Gasteiger partial charge in [0, 0.05) is 52.3 Å². The standard InChI is InChI=1S/C33H26ClN3O2/c1-19-12-30-32(25-8-4-3-7-24(19)25)23(17-34)18-37(30)33(39)29-16-22-13-20(10-11-27(22)36-29)14-31(38)28-15-21-6-2-5-9-26(21)35-28/h2-13,15-16,23,35-36H,14,17-18H2,1H3. The van der Waals surface area contributed by atoms with Crippen molar-refractivity contribution in [3.05, 3.63) is 113 Å². The van der Waals surface area contributed by atoms with Crippen molar-refractivity contribution < 1.29 is 9.59 Å². The highest BCUT2D eigenvalue weighted by Gasteiger charge is 2.35. The molecule has 0 spiro atoms. The van der Waals surface area contributed by atoms with Crippen molar-refractivity contribution in [1.82, 2.24) is 9.97 Å². The van der Waals surface area contributed by atoms with Gasteiger partial charge in [-0.25, -0.2) is 0 Å². The minimum atomic E-state index is -0.0783. The SMILES string of the molecule is Cc1cc2c(c3ccccc13)C(CCl)CN2C(=O)c1cc2cc(CC(=O)c3cc4ccccc4[nH]3)ccc2[nH]1. The number of aromatic nitrogens is 2. The van der Waals surface area contributed by atoms with E-state index in [-0.39, 0.29) is 24.0 Å². The summed E-state index contributed by atoms with van der Waals surface area (Å²) in [6.45, 7) is 2.63. The fourth-order valence-electron chi connectivity index (χ4n) is 6.00. The number of Topliss-reactive ketones (excluding diaryl/α,β-unsaturated/α-hetero) is 1. The topological polar surface area (TPSA) is 69.0 Å². The fourth-order valence-corrected chi connectivity index (χ4v) is 6.25. The fraction of sp³-hybridized carbons (Fsp3) is 0.152. The van der Waals surface area contributed by atoms with Crippen molar-refractivity contribution in [3.8, 4) is 0 Å². The lowest BCUT2D eigenvalue weighted by atomic mass is 9.93. The van der Waals surface area contributed by atoms with Gasteiger partial charge in [0.1, 0.15) is 5.69 Å². The van der Waals surface area contributed by atoms with E-state index in [4.69, 9.17) is 11.6 Å². The molecule has 2 aromatic heterocycles. The normalized spacial score (nSPS) is 14.9. The van der Waals surface area contributed by atoms with Gasteiger partial charge in [0.15, 0.2) is 5.78 Å². The van der Waals surface area contributed by atoms with E-state index in [9.17, 15) is 9.59 Å². The van der Waals surface area contributed by atoms with Gasteiger partial charge >= 0.3 is 0 Å². The Morgan fingerprint density at radius 1 is 0.846 bits per heavy atom. The van der Waals surface area contributed by atoms with Crippen LogP contribution in [0.25, 0.3) is 32.6 Å². The zero-order valence-electron chi connectivity index (χ0n) is 21.4. The number of carbonyl (C=O) groups is 2. The average molecular weight is 532 g/mol. The van der Waals surface area contributed by atoms with Crippen LogP contribution in [0, 0.1) is 6.92 Å². The minimum absolute atomic E-state index is 0.0285. The number of aryl methyl sites for hydroxylation is 1. The molecule has 2 N–H and O–H groups in total. The molecule has 0 saturated heterocycles. The second-order valence-electron chi connectivity index (χ2n) is 10.4. The summed E-state index contributed by atoms with van der Waals surface area (Å²) in [6.07, 6.45) is 0.278. The molecule has 1 aliphatic heterocycles. The van der Waals surface area contributed by atoms with Gasteiger partial charge in [0.2, 0.25) is 0 Å². The van der Waals surface area contributed by atoms with Crippen LogP contribution in [0.4, 0.5) is 5.69 Å². The highest BCUT2D eigenvalue weighted by Crippen LogP contribution is 2.43. The summed E-state index contributed by atoms with van der Waals surface area (Å²) in [5.41, 5.74) is 7.06. The number of alkyl halides is 1.